The number of aromatic nitrogens is 4. The highest BCUT2D eigenvalue weighted by Crippen LogP contribution is 2.23. The highest BCUT2D eigenvalue weighted by molar-refractivity contribution is 5.42. The Bertz CT molecular complexity index is 520. The average Bonchev–Trinajstić information content (AvgIpc) is 2.97. The van der Waals surface area contributed by atoms with Gasteiger partial charge in [-0.1, -0.05) is 5.16 Å². The number of aryl methyl sites for hydroxylation is 1. The van der Waals surface area contributed by atoms with Gasteiger partial charge in [-0.3, -0.25) is 0 Å². The van der Waals surface area contributed by atoms with Gasteiger partial charge in [0.1, 0.15) is 0 Å². The molecule has 2 aromatic rings. The molecular formula is C10H13N5O2. The number of nitrogens with zero attached hydrogens (tertiary/aromatic N) is 4. The molecule has 1 saturated heterocycles. The second-order valence-electron chi connectivity index (χ2n) is 4.17. The van der Waals surface area contributed by atoms with Crippen molar-refractivity contribution in [3.63, 3.8) is 0 Å². The molecule has 2 atom stereocenters. The molecule has 90 valence electrons. The fourth-order valence-corrected chi connectivity index (χ4v) is 1.95. The SMILES string of the molecule is Cn1ccnc1-c1noc([C@@H]2C[C@@H](O)CN2)n1. The van der Waals surface area contributed by atoms with Crippen molar-refractivity contribution >= 4 is 0 Å². The molecule has 0 radical (unpaired) electrons. The lowest BCUT2D eigenvalue weighted by molar-refractivity contribution is 0.191. The third-order valence-electron chi connectivity index (χ3n) is 2.87. The summed E-state index contributed by atoms with van der Waals surface area (Å²) in [5, 5.41) is 16.4. The minimum Gasteiger partial charge on any atom is -0.392 e. The van der Waals surface area contributed by atoms with Crippen molar-refractivity contribution in [1.29, 1.82) is 0 Å². The van der Waals surface area contributed by atoms with Crippen molar-refractivity contribution in [3.05, 3.63) is 18.3 Å². The topological polar surface area (TPSA) is 89.0 Å². The quantitative estimate of drug-likeness (QED) is 0.753. The van der Waals surface area contributed by atoms with Crippen LogP contribution in [0.25, 0.3) is 11.6 Å². The van der Waals surface area contributed by atoms with Crippen LogP contribution in [0.5, 0.6) is 0 Å². The molecule has 1 aliphatic heterocycles. The van der Waals surface area contributed by atoms with Gasteiger partial charge >= 0.3 is 0 Å². The lowest BCUT2D eigenvalue weighted by Gasteiger charge is -2.01. The predicted octanol–water partition coefficient (Wildman–Crippen LogP) is -0.135. The average molecular weight is 235 g/mol. The zero-order valence-electron chi connectivity index (χ0n) is 9.37. The standard InChI is InChI=1S/C10H13N5O2/c1-15-3-2-11-9(15)8-13-10(17-14-8)7-4-6(16)5-12-7/h2-3,6-7,12,16H,4-5H2,1H3/t6-,7+/m1/s1. The maximum absolute atomic E-state index is 9.43. The minimum absolute atomic E-state index is 0.0634. The van der Waals surface area contributed by atoms with Crippen LogP contribution in [0.4, 0.5) is 0 Å². The molecule has 2 aromatic heterocycles. The number of hydrogen-bond donors (Lipinski definition) is 2. The highest BCUT2D eigenvalue weighted by atomic mass is 16.5. The molecule has 7 heteroatoms. The van der Waals surface area contributed by atoms with Crippen LogP contribution in [0.2, 0.25) is 0 Å². The summed E-state index contributed by atoms with van der Waals surface area (Å²) in [5.41, 5.74) is 0. The normalized spacial score (nSPS) is 24.4. The molecule has 1 aliphatic rings. The molecule has 3 heterocycles. The second-order valence-corrected chi connectivity index (χ2v) is 4.17. The molecule has 0 amide bonds. The first-order chi connectivity index (χ1) is 8.24. The lowest BCUT2D eigenvalue weighted by Crippen LogP contribution is -2.15. The molecule has 3 rings (SSSR count). The molecule has 0 aromatic carbocycles. The molecule has 0 saturated carbocycles. The van der Waals surface area contributed by atoms with E-state index in [1.807, 2.05) is 17.8 Å². The van der Waals surface area contributed by atoms with Crippen molar-refractivity contribution in [2.75, 3.05) is 6.54 Å². The second kappa shape index (κ2) is 3.94. The highest BCUT2D eigenvalue weighted by Gasteiger charge is 2.28. The van der Waals surface area contributed by atoms with Crippen LogP contribution in [0.15, 0.2) is 16.9 Å². The Morgan fingerprint density at radius 2 is 2.47 bits per heavy atom. The first kappa shape index (κ1) is 10.4. The van der Waals surface area contributed by atoms with E-state index in [9.17, 15) is 5.11 Å². The monoisotopic (exact) mass is 235 g/mol. The van der Waals surface area contributed by atoms with Gasteiger partial charge in [0.15, 0.2) is 5.82 Å². The van der Waals surface area contributed by atoms with Gasteiger partial charge in [-0.25, -0.2) is 4.98 Å². The van der Waals surface area contributed by atoms with E-state index in [-0.39, 0.29) is 12.1 Å². The molecule has 0 spiro atoms. The molecule has 17 heavy (non-hydrogen) atoms. The predicted molar refractivity (Wildman–Crippen MR) is 57.9 cm³/mol. The van der Waals surface area contributed by atoms with E-state index >= 15 is 0 Å². The van der Waals surface area contributed by atoms with Crippen LogP contribution in [-0.4, -0.2) is 37.4 Å². The molecule has 1 fully saturated rings. The third kappa shape index (κ3) is 1.83. The van der Waals surface area contributed by atoms with E-state index in [0.717, 1.165) is 0 Å². The molecular weight excluding hydrogens is 222 g/mol. The number of aliphatic hydroxyl groups is 1. The summed E-state index contributed by atoms with van der Waals surface area (Å²) in [5.74, 6) is 1.63. The van der Waals surface area contributed by atoms with Crippen LogP contribution in [-0.2, 0) is 7.05 Å². The van der Waals surface area contributed by atoms with Gasteiger partial charge in [-0.05, 0) is 6.42 Å². The summed E-state index contributed by atoms with van der Waals surface area (Å²) >= 11 is 0. The summed E-state index contributed by atoms with van der Waals surface area (Å²) in [4.78, 5) is 8.44. The Morgan fingerprint density at radius 1 is 1.59 bits per heavy atom. The Kier molecular flexibility index (Phi) is 2.41. The lowest BCUT2D eigenvalue weighted by atomic mass is 10.2. The van der Waals surface area contributed by atoms with Crippen molar-refractivity contribution in [2.45, 2.75) is 18.6 Å². The van der Waals surface area contributed by atoms with E-state index in [1.165, 1.54) is 0 Å². The number of imidazole rings is 1. The van der Waals surface area contributed by atoms with Crippen molar-refractivity contribution in [3.8, 4) is 11.6 Å². The van der Waals surface area contributed by atoms with Gasteiger partial charge in [0.2, 0.25) is 11.7 Å². The first-order valence-electron chi connectivity index (χ1n) is 5.47. The Hall–Kier alpha value is -1.73. The third-order valence-corrected chi connectivity index (χ3v) is 2.87. The van der Waals surface area contributed by atoms with Gasteiger partial charge in [0.25, 0.3) is 0 Å². The Labute approximate surface area is 97.5 Å². The summed E-state index contributed by atoms with van der Waals surface area (Å²) in [7, 11) is 1.87. The van der Waals surface area contributed by atoms with E-state index in [0.29, 0.717) is 30.5 Å². The Balaban J connectivity index is 1.86. The Morgan fingerprint density at radius 3 is 3.12 bits per heavy atom. The molecule has 0 unspecified atom stereocenters. The van der Waals surface area contributed by atoms with Gasteiger partial charge in [0.05, 0.1) is 12.1 Å². The maximum Gasteiger partial charge on any atom is 0.244 e. The smallest absolute Gasteiger partial charge is 0.244 e. The summed E-state index contributed by atoms with van der Waals surface area (Å²) in [6.45, 7) is 0.560. The van der Waals surface area contributed by atoms with Gasteiger partial charge in [-0.15, -0.1) is 0 Å². The molecule has 0 bridgehead atoms. The molecule has 2 N–H and O–H groups in total. The first-order valence-corrected chi connectivity index (χ1v) is 5.47. The van der Waals surface area contributed by atoms with Gasteiger partial charge in [-0.2, -0.15) is 4.98 Å². The van der Waals surface area contributed by atoms with Gasteiger partial charge < -0.3 is 19.5 Å². The van der Waals surface area contributed by atoms with Gasteiger partial charge in [0, 0.05) is 26.0 Å². The fourth-order valence-electron chi connectivity index (χ4n) is 1.95. The summed E-state index contributed by atoms with van der Waals surface area (Å²) in [6, 6.07) is -0.0634. The van der Waals surface area contributed by atoms with E-state index in [4.69, 9.17) is 4.52 Å². The minimum atomic E-state index is -0.344. The number of hydrogen-bond acceptors (Lipinski definition) is 6. The summed E-state index contributed by atoms with van der Waals surface area (Å²) in [6.07, 6.45) is 3.76. The van der Waals surface area contributed by atoms with Crippen molar-refractivity contribution in [2.24, 2.45) is 7.05 Å². The zero-order chi connectivity index (χ0) is 11.8. The van der Waals surface area contributed by atoms with E-state index < -0.39 is 0 Å². The zero-order valence-corrected chi connectivity index (χ0v) is 9.37. The fraction of sp³-hybridized carbons (Fsp3) is 0.500. The van der Waals surface area contributed by atoms with Crippen LogP contribution in [0, 0.1) is 0 Å². The van der Waals surface area contributed by atoms with Crippen LogP contribution in [0.1, 0.15) is 18.4 Å². The molecule has 7 nitrogen and oxygen atoms in total. The number of nitrogens with one attached hydrogen (secondary N) is 1. The number of aliphatic hydroxyl groups excluding tert-OH is 1. The van der Waals surface area contributed by atoms with Crippen LogP contribution >= 0.6 is 0 Å². The van der Waals surface area contributed by atoms with E-state index in [2.05, 4.69) is 20.4 Å². The summed E-state index contributed by atoms with van der Waals surface area (Å²) < 4.78 is 7.01. The van der Waals surface area contributed by atoms with Crippen molar-refractivity contribution in [1.82, 2.24) is 25.0 Å². The molecule has 0 aliphatic carbocycles. The number of rotatable bonds is 2. The van der Waals surface area contributed by atoms with E-state index in [1.54, 1.807) is 6.20 Å². The largest absolute Gasteiger partial charge is 0.392 e. The van der Waals surface area contributed by atoms with Crippen LogP contribution in [0.3, 0.4) is 0 Å². The van der Waals surface area contributed by atoms with Crippen LogP contribution < -0.4 is 5.32 Å². The van der Waals surface area contributed by atoms with Crippen molar-refractivity contribution < 1.29 is 9.63 Å². The maximum atomic E-state index is 9.43. The number of β-amino-alcohol motifs (C(OH)–C–C–N with tert-alkyl or cyclic N) is 1.